The Bertz CT molecular complexity index is 986. The predicted octanol–water partition coefficient (Wildman–Crippen LogP) is 4.90. The minimum Gasteiger partial charge on any atom is -0.464 e. The van der Waals surface area contributed by atoms with E-state index in [0.29, 0.717) is 28.6 Å². The van der Waals surface area contributed by atoms with Crippen LogP contribution in [0.25, 0.3) is 11.0 Å². The van der Waals surface area contributed by atoms with Crippen molar-refractivity contribution in [3.63, 3.8) is 0 Å². The van der Waals surface area contributed by atoms with Crippen molar-refractivity contribution in [1.29, 1.82) is 0 Å². The Morgan fingerprint density at radius 1 is 1.08 bits per heavy atom. The fourth-order valence-corrected chi connectivity index (χ4v) is 2.31. The summed E-state index contributed by atoms with van der Waals surface area (Å²) in [6, 6.07) is 11.7. The molecule has 0 radical (unpaired) electrons. The number of furan rings is 1. The molecule has 0 aliphatic carbocycles. The van der Waals surface area contributed by atoms with Gasteiger partial charge in [-0.05, 0) is 36.4 Å². The van der Waals surface area contributed by atoms with Gasteiger partial charge < -0.3 is 14.5 Å². The summed E-state index contributed by atoms with van der Waals surface area (Å²) < 4.78 is 25.3. The zero-order valence-electron chi connectivity index (χ0n) is 12.4. The number of anilines is 2. The third-order valence-electron chi connectivity index (χ3n) is 3.44. The molecule has 0 amide bonds. The minimum absolute atomic E-state index is 0.338. The Morgan fingerprint density at radius 3 is 2.88 bits per heavy atom. The molecule has 0 saturated carbocycles. The Morgan fingerprint density at radius 2 is 2.04 bits per heavy atom. The van der Waals surface area contributed by atoms with Crippen LogP contribution in [0.1, 0.15) is 0 Å². The van der Waals surface area contributed by atoms with Gasteiger partial charge in [0.25, 0.3) is 0 Å². The number of hydrogen-bond acceptors (Lipinski definition) is 5. The second-order valence-corrected chi connectivity index (χ2v) is 5.06. The molecule has 0 unspecified atom stereocenters. The van der Waals surface area contributed by atoms with Gasteiger partial charge in [0, 0.05) is 18.5 Å². The van der Waals surface area contributed by atoms with E-state index < -0.39 is 5.82 Å². The van der Waals surface area contributed by atoms with Crippen molar-refractivity contribution in [3.05, 3.63) is 73.1 Å². The highest BCUT2D eigenvalue weighted by Gasteiger charge is 2.10. The van der Waals surface area contributed by atoms with Gasteiger partial charge in [-0.2, -0.15) is 0 Å². The number of aromatic nitrogens is 2. The van der Waals surface area contributed by atoms with Crippen LogP contribution in [0.2, 0.25) is 0 Å². The topological polar surface area (TPSA) is 60.2 Å². The van der Waals surface area contributed by atoms with Crippen molar-refractivity contribution >= 4 is 22.3 Å². The summed E-state index contributed by atoms with van der Waals surface area (Å²) in [6.45, 7) is 0. The molecular formula is C18H12FN3O2. The zero-order chi connectivity index (χ0) is 16.4. The quantitative estimate of drug-likeness (QED) is 0.579. The first kappa shape index (κ1) is 14.2. The van der Waals surface area contributed by atoms with Crippen molar-refractivity contribution in [3.8, 4) is 11.6 Å². The van der Waals surface area contributed by atoms with E-state index in [2.05, 4.69) is 15.3 Å². The molecule has 1 N–H and O–H groups in total. The Balaban J connectivity index is 1.59. The van der Waals surface area contributed by atoms with Crippen LogP contribution in [-0.2, 0) is 0 Å². The van der Waals surface area contributed by atoms with Crippen LogP contribution in [0.15, 0.2) is 71.7 Å². The van der Waals surface area contributed by atoms with Gasteiger partial charge in [0.15, 0.2) is 0 Å². The molecule has 3 heterocycles. The molecule has 118 valence electrons. The molecule has 0 aliphatic rings. The summed E-state index contributed by atoms with van der Waals surface area (Å²) in [5.41, 5.74) is 1.70. The maximum absolute atomic E-state index is 14.3. The van der Waals surface area contributed by atoms with Crippen LogP contribution in [0.5, 0.6) is 11.6 Å². The smallest absolute Gasteiger partial charge is 0.230 e. The lowest BCUT2D eigenvalue weighted by Crippen LogP contribution is -1.95. The van der Waals surface area contributed by atoms with Crippen LogP contribution in [0.3, 0.4) is 0 Å². The van der Waals surface area contributed by atoms with Gasteiger partial charge >= 0.3 is 0 Å². The van der Waals surface area contributed by atoms with E-state index in [4.69, 9.17) is 9.15 Å². The maximum atomic E-state index is 14.3. The molecule has 24 heavy (non-hydrogen) atoms. The van der Waals surface area contributed by atoms with E-state index in [1.165, 1.54) is 6.07 Å². The number of ether oxygens (including phenoxy) is 1. The van der Waals surface area contributed by atoms with Gasteiger partial charge in [0.1, 0.15) is 17.1 Å². The summed E-state index contributed by atoms with van der Waals surface area (Å²) in [7, 11) is 0. The monoisotopic (exact) mass is 321 g/mol. The first-order valence-corrected chi connectivity index (χ1v) is 7.26. The molecule has 0 aliphatic heterocycles. The first-order valence-electron chi connectivity index (χ1n) is 7.26. The summed E-state index contributed by atoms with van der Waals surface area (Å²) in [5.74, 6) is 0.287. The van der Waals surface area contributed by atoms with E-state index in [1.54, 1.807) is 61.3 Å². The SMILES string of the molecule is Fc1cc(Oc2nccc3occc23)ccc1Nc1cccnc1. The summed E-state index contributed by atoms with van der Waals surface area (Å²) >= 11 is 0. The molecule has 0 spiro atoms. The lowest BCUT2D eigenvalue weighted by atomic mass is 10.2. The Hall–Kier alpha value is -3.41. The third-order valence-corrected chi connectivity index (χ3v) is 3.44. The second-order valence-electron chi connectivity index (χ2n) is 5.06. The number of hydrogen-bond donors (Lipinski definition) is 1. The van der Waals surface area contributed by atoms with Gasteiger partial charge in [0.05, 0.1) is 29.2 Å². The fourth-order valence-electron chi connectivity index (χ4n) is 2.31. The molecule has 6 heteroatoms. The lowest BCUT2D eigenvalue weighted by Gasteiger charge is -2.10. The predicted molar refractivity (Wildman–Crippen MR) is 88.0 cm³/mol. The van der Waals surface area contributed by atoms with Crippen LogP contribution >= 0.6 is 0 Å². The number of nitrogens with one attached hydrogen (secondary N) is 1. The average molecular weight is 321 g/mol. The molecule has 0 atom stereocenters. The molecule has 4 rings (SSSR count). The molecule has 0 saturated heterocycles. The molecule has 0 bridgehead atoms. The van der Waals surface area contributed by atoms with Crippen molar-refractivity contribution in [1.82, 2.24) is 9.97 Å². The van der Waals surface area contributed by atoms with E-state index >= 15 is 0 Å². The molecule has 4 aromatic rings. The summed E-state index contributed by atoms with van der Waals surface area (Å²) in [5, 5.41) is 3.70. The van der Waals surface area contributed by atoms with Crippen LogP contribution in [-0.4, -0.2) is 9.97 Å². The molecule has 5 nitrogen and oxygen atoms in total. The first-order chi connectivity index (χ1) is 11.8. The van der Waals surface area contributed by atoms with Crippen LogP contribution in [0, 0.1) is 5.82 Å². The number of fused-ring (bicyclic) bond motifs is 1. The van der Waals surface area contributed by atoms with Gasteiger partial charge in [-0.15, -0.1) is 0 Å². The molecule has 0 fully saturated rings. The Labute approximate surface area is 136 Å². The maximum Gasteiger partial charge on any atom is 0.230 e. The summed E-state index contributed by atoms with van der Waals surface area (Å²) in [4.78, 5) is 8.15. The van der Waals surface area contributed by atoms with Gasteiger partial charge in [0.2, 0.25) is 5.88 Å². The zero-order valence-corrected chi connectivity index (χ0v) is 12.4. The largest absolute Gasteiger partial charge is 0.464 e. The van der Waals surface area contributed by atoms with E-state index in [-0.39, 0.29) is 0 Å². The fraction of sp³-hybridized carbons (Fsp3) is 0. The van der Waals surface area contributed by atoms with Crippen LogP contribution < -0.4 is 10.1 Å². The lowest BCUT2D eigenvalue weighted by molar-refractivity contribution is 0.464. The van der Waals surface area contributed by atoms with Crippen LogP contribution in [0.4, 0.5) is 15.8 Å². The molecular weight excluding hydrogens is 309 g/mol. The van der Waals surface area contributed by atoms with Gasteiger partial charge in [-0.25, -0.2) is 9.37 Å². The standard InChI is InChI=1S/C18H12FN3O2/c19-15-10-13(3-4-16(15)22-12-2-1-7-20-11-12)24-18-14-6-9-23-17(14)5-8-21-18/h1-11,22H. The van der Waals surface area contributed by atoms with Crippen molar-refractivity contribution in [2.45, 2.75) is 0 Å². The van der Waals surface area contributed by atoms with Crippen molar-refractivity contribution < 1.29 is 13.5 Å². The van der Waals surface area contributed by atoms with E-state index in [9.17, 15) is 4.39 Å². The number of nitrogens with zero attached hydrogens (tertiary/aromatic N) is 2. The average Bonchev–Trinajstić information content (AvgIpc) is 3.08. The highest BCUT2D eigenvalue weighted by molar-refractivity contribution is 5.82. The second kappa shape index (κ2) is 6.00. The van der Waals surface area contributed by atoms with Gasteiger partial charge in [-0.1, -0.05) is 0 Å². The number of rotatable bonds is 4. The number of benzene rings is 1. The summed E-state index contributed by atoms with van der Waals surface area (Å²) in [6.07, 6.45) is 6.41. The van der Waals surface area contributed by atoms with E-state index in [1.807, 2.05) is 0 Å². The third kappa shape index (κ3) is 2.77. The van der Waals surface area contributed by atoms with Crippen molar-refractivity contribution in [2.24, 2.45) is 0 Å². The number of halogens is 1. The van der Waals surface area contributed by atoms with Crippen molar-refractivity contribution in [2.75, 3.05) is 5.32 Å². The normalized spacial score (nSPS) is 10.7. The molecule has 1 aromatic carbocycles. The Kier molecular flexibility index (Phi) is 3.55. The number of pyridine rings is 2. The highest BCUT2D eigenvalue weighted by atomic mass is 19.1. The minimum atomic E-state index is -0.435. The van der Waals surface area contributed by atoms with E-state index in [0.717, 1.165) is 5.39 Å². The molecule has 3 aromatic heterocycles. The van der Waals surface area contributed by atoms with Gasteiger partial charge in [-0.3, -0.25) is 4.98 Å². The highest BCUT2D eigenvalue weighted by Crippen LogP contribution is 2.30.